The number of nitrogens with zero attached hydrogens (tertiary/aromatic N) is 1. The molecule has 1 aromatic heterocycles. The van der Waals surface area contributed by atoms with E-state index in [0.29, 0.717) is 12.1 Å². The van der Waals surface area contributed by atoms with Gasteiger partial charge in [-0.25, -0.2) is 4.79 Å². The van der Waals surface area contributed by atoms with Crippen LogP contribution in [0.25, 0.3) is 10.1 Å². The first-order chi connectivity index (χ1) is 7.27. The van der Waals surface area contributed by atoms with Gasteiger partial charge in [0, 0.05) is 11.9 Å². The predicted molar refractivity (Wildman–Crippen MR) is 58.9 cm³/mol. The van der Waals surface area contributed by atoms with Crippen molar-refractivity contribution < 1.29 is 9.53 Å². The van der Waals surface area contributed by atoms with E-state index in [1.165, 1.54) is 18.6 Å². The molecule has 0 atom stereocenters. The summed E-state index contributed by atoms with van der Waals surface area (Å²) in [6.07, 6.45) is 0. The highest BCUT2D eigenvalue weighted by atomic mass is 32.1. The van der Waals surface area contributed by atoms with Crippen molar-refractivity contribution in [2.24, 2.45) is 5.73 Å². The summed E-state index contributed by atoms with van der Waals surface area (Å²) in [5.41, 5.74) is 6.92. The van der Waals surface area contributed by atoms with Gasteiger partial charge >= 0.3 is 5.97 Å². The van der Waals surface area contributed by atoms with Gasteiger partial charge in [0.2, 0.25) is 0 Å². The second-order valence-electron chi connectivity index (χ2n) is 3.01. The van der Waals surface area contributed by atoms with E-state index < -0.39 is 0 Å². The Morgan fingerprint density at radius 3 is 3.07 bits per heavy atom. The Kier molecular flexibility index (Phi) is 2.66. The highest BCUT2D eigenvalue weighted by Gasteiger charge is 2.13. The smallest absolute Gasteiger partial charge is 0.339 e. The van der Waals surface area contributed by atoms with E-state index in [0.717, 1.165) is 15.8 Å². The summed E-state index contributed by atoms with van der Waals surface area (Å²) in [6.45, 7) is 0.380. The first kappa shape index (κ1) is 10.1. The molecule has 5 heteroatoms. The highest BCUT2D eigenvalue weighted by Crippen LogP contribution is 2.26. The summed E-state index contributed by atoms with van der Waals surface area (Å²) >= 11 is 1.28. The molecule has 2 rings (SSSR count). The quantitative estimate of drug-likeness (QED) is 0.783. The molecule has 1 heterocycles. The summed E-state index contributed by atoms with van der Waals surface area (Å²) in [4.78, 5) is 11.5. The molecule has 15 heavy (non-hydrogen) atoms. The number of carbonyl (C=O) groups excluding carboxylic acids is 1. The molecule has 0 spiro atoms. The molecule has 78 valence electrons. The fourth-order valence-corrected chi connectivity index (χ4v) is 2.34. The molecule has 0 unspecified atom stereocenters. The molecule has 0 aliphatic carbocycles. The molecule has 0 aliphatic rings. The van der Waals surface area contributed by atoms with E-state index in [2.05, 4.69) is 4.37 Å². The minimum absolute atomic E-state index is 0.340. The van der Waals surface area contributed by atoms with Crippen molar-refractivity contribution in [2.45, 2.75) is 6.54 Å². The van der Waals surface area contributed by atoms with Crippen LogP contribution in [-0.4, -0.2) is 17.5 Å². The monoisotopic (exact) mass is 222 g/mol. The van der Waals surface area contributed by atoms with Gasteiger partial charge < -0.3 is 10.5 Å². The second-order valence-corrected chi connectivity index (χ2v) is 3.78. The predicted octanol–water partition coefficient (Wildman–Crippen LogP) is 1.54. The average molecular weight is 222 g/mol. The van der Waals surface area contributed by atoms with Gasteiger partial charge in [-0.3, -0.25) is 0 Å². The maximum atomic E-state index is 11.5. The van der Waals surface area contributed by atoms with Crippen LogP contribution in [0.5, 0.6) is 0 Å². The largest absolute Gasteiger partial charge is 0.465 e. The summed E-state index contributed by atoms with van der Waals surface area (Å²) in [5, 5.41) is 0.936. The molecule has 4 nitrogen and oxygen atoms in total. The van der Waals surface area contributed by atoms with Crippen LogP contribution in [0.3, 0.4) is 0 Å². The standard InChI is InChI=1S/C10H10N2O2S/c1-14-10(13)7-4-2-3-6-8(5-11)12-15-9(6)7/h2-4H,5,11H2,1H3. The number of hydrogen-bond donors (Lipinski definition) is 1. The van der Waals surface area contributed by atoms with Crippen LogP contribution in [0.2, 0.25) is 0 Å². The second kappa shape index (κ2) is 3.96. The Morgan fingerprint density at radius 2 is 2.40 bits per heavy atom. The third-order valence-electron chi connectivity index (χ3n) is 2.17. The lowest BCUT2D eigenvalue weighted by Gasteiger charge is -1.99. The molecular weight excluding hydrogens is 212 g/mol. The van der Waals surface area contributed by atoms with Crippen LogP contribution in [0.15, 0.2) is 18.2 Å². The van der Waals surface area contributed by atoms with Crippen LogP contribution in [0.4, 0.5) is 0 Å². The molecule has 2 N–H and O–H groups in total. The number of ether oxygens (including phenoxy) is 1. The maximum absolute atomic E-state index is 11.5. The zero-order valence-corrected chi connectivity index (χ0v) is 9.00. The Labute approximate surface area is 90.8 Å². The number of fused-ring (bicyclic) bond motifs is 1. The summed E-state index contributed by atoms with van der Waals surface area (Å²) in [7, 11) is 1.37. The third-order valence-corrected chi connectivity index (χ3v) is 3.11. The first-order valence-corrected chi connectivity index (χ1v) is 5.21. The molecule has 0 fully saturated rings. The van der Waals surface area contributed by atoms with Crippen molar-refractivity contribution in [1.82, 2.24) is 4.37 Å². The number of carbonyl (C=O) groups is 1. The SMILES string of the molecule is COC(=O)c1cccc2c(CN)nsc12. The van der Waals surface area contributed by atoms with Crippen LogP contribution < -0.4 is 5.73 Å². The molecule has 2 aromatic rings. The van der Waals surface area contributed by atoms with Gasteiger partial charge in [0.25, 0.3) is 0 Å². The van der Waals surface area contributed by atoms with Crippen molar-refractivity contribution in [3.8, 4) is 0 Å². The van der Waals surface area contributed by atoms with E-state index in [1.54, 1.807) is 6.07 Å². The molecule has 0 amide bonds. The van der Waals surface area contributed by atoms with E-state index in [-0.39, 0.29) is 5.97 Å². The number of aromatic nitrogens is 1. The van der Waals surface area contributed by atoms with E-state index in [1.807, 2.05) is 12.1 Å². The zero-order valence-electron chi connectivity index (χ0n) is 8.19. The van der Waals surface area contributed by atoms with Gasteiger partial charge in [-0.15, -0.1) is 0 Å². The van der Waals surface area contributed by atoms with E-state index in [9.17, 15) is 4.79 Å². The number of benzene rings is 1. The van der Waals surface area contributed by atoms with Crippen molar-refractivity contribution in [3.05, 3.63) is 29.5 Å². The number of hydrogen-bond acceptors (Lipinski definition) is 5. The van der Waals surface area contributed by atoms with Gasteiger partial charge in [0.05, 0.1) is 23.1 Å². The summed E-state index contributed by atoms with van der Waals surface area (Å²) in [6, 6.07) is 5.45. The first-order valence-electron chi connectivity index (χ1n) is 4.43. The number of methoxy groups -OCH3 is 1. The lowest BCUT2D eigenvalue weighted by molar-refractivity contribution is 0.0603. The lowest BCUT2D eigenvalue weighted by Crippen LogP contribution is -2.01. The van der Waals surface area contributed by atoms with Crippen molar-refractivity contribution in [2.75, 3.05) is 7.11 Å². The van der Waals surface area contributed by atoms with Crippen LogP contribution >= 0.6 is 11.5 Å². The fourth-order valence-electron chi connectivity index (χ4n) is 1.43. The molecule has 0 bridgehead atoms. The van der Waals surface area contributed by atoms with Gasteiger partial charge in [0.15, 0.2) is 0 Å². The summed E-state index contributed by atoms with van der Waals surface area (Å²) < 4.78 is 9.73. The number of nitrogens with two attached hydrogens (primary N) is 1. The molecule has 0 saturated carbocycles. The summed E-state index contributed by atoms with van der Waals surface area (Å²) in [5.74, 6) is -0.340. The Hall–Kier alpha value is -1.46. The fraction of sp³-hybridized carbons (Fsp3) is 0.200. The van der Waals surface area contributed by atoms with E-state index >= 15 is 0 Å². The number of rotatable bonds is 2. The molecule has 0 radical (unpaired) electrons. The zero-order chi connectivity index (χ0) is 10.8. The minimum Gasteiger partial charge on any atom is -0.465 e. The van der Waals surface area contributed by atoms with Crippen LogP contribution in [0, 0.1) is 0 Å². The average Bonchev–Trinajstić information content (AvgIpc) is 2.70. The van der Waals surface area contributed by atoms with Crippen LogP contribution in [-0.2, 0) is 11.3 Å². The van der Waals surface area contributed by atoms with E-state index in [4.69, 9.17) is 10.5 Å². The maximum Gasteiger partial charge on any atom is 0.339 e. The number of esters is 1. The topological polar surface area (TPSA) is 65.2 Å². The Balaban J connectivity index is 2.67. The van der Waals surface area contributed by atoms with Gasteiger partial charge in [0.1, 0.15) is 0 Å². The van der Waals surface area contributed by atoms with Gasteiger partial charge in [-0.1, -0.05) is 12.1 Å². The van der Waals surface area contributed by atoms with Crippen molar-refractivity contribution in [1.29, 1.82) is 0 Å². The van der Waals surface area contributed by atoms with Crippen LogP contribution in [0.1, 0.15) is 16.1 Å². The minimum atomic E-state index is -0.340. The Bertz CT molecular complexity index is 507. The highest BCUT2D eigenvalue weighted by molar-refractivity contribution is 7.13. The third kappa shape index (κ3) is 1.60. The van der Waals surface area contributed by atoms with Crippen molar-refractivity contribution >= 4 is 27.6 Å². The molecule has 0 saturated heterocycles. The van der Waals surface area contributed by atoms with Gasteiger partial charge in [-0.05, 0) is 17.6 Å². The van der Waals surface area contributed by atoms with Crippen molar-refractivity contribution in [3.63, 3.8) is 0 Å². The normalized spacial score (nSPS) is 10.5. The molecular formula is C10H10N2O2S. The molecule has 0 aliphatic heterocycles. The Morgan fingerprint density at radius 1 is 1.60 bits per heavy atom. The molecule has 1 aromatic carbocycles. The lowest BCUT2D eigenvalue weighted by atomic mass is 10.1. The van der Waals surface area contributed by atoms with Gasteiger partial charge in [-0.2, -0.15) is 4.37 Å².